The van der Waals surface area contributed by atoms with Gasteiger partial charge in [-0.3, -0.25) is 4.99 Å². The summed E-state index contributed by atoms with van der Waals surface area (Å²) >= 11 is 0. The molecule has 8 heteroatoms. The second kappa shape index (κ2) is 10.5. The Bertz CT molecular complexity index is 797. The van der Waals surface area contributed by atoms with Gasteiger partial charge in [0, 0.05) is 45.5 Å². The number of benzene rings is 1. The minimum Gasteiger partial charge on any atom is -0.450 e. The second-order valence-corrected chi connectivity index (χ2v) is 6.79. The van der Waals surface area contributed by atoms with Gasteiger partial charge in [-0.25, -0.2) is 9.48 Å². The summed E-state index contributed by atoms with van der Waals surface area (Å²) in [5.74, 6) is 0.895. The molecule has 2 heterocycles. The van der Waals surface area contributed by atoms with Gasteiger partial charge in [-0.05, 0) is 38.0 Å². The molecular weight excluding hydrogens is 368 g/mol. The number of rotatable bonds is 6. The van der Waals surface area contributed by atoms with Crippen LogP contribution < -0.4 is 5.32 Å². The number of hydrogen-bond acceptors (Lipinski definition) is 4. The van der Waals surface area contributed by atoms with Crippen molar-refractivity contribution in [1.82, 2.24) is 24.9 Å². The van der Waals surface area contributed by atoms with Crippen LogP contribution in [-0.4, -0.2) is 77.5 Å². The zero-order valence-corrected chi connectivity index (χ0v) is 17.3. The predicted octanol–water partition coefficient (Wildman–Crippen LogP) is 2.15. The van der Waals surface area contributed by atoms with Crippen molar-refractivity contribution in [1.29, 1.82) is 0 Å². The molecule has 1 aromatic carbocycles. The number of nitrogens with zero attached hydrogens (tertiary/aromatic N) is 5. The van der Waals surface area contributed by atoms with Gasteiger partial charge in [0.2, 0.25) is 0 Å². The second-order valence-electron chi connectivity index (χ2n) is 6.79. The van der Waals surface area contributed by atoms with Gasteiger partial charge in [-0.1, -0.05) is 18.2 Å². The summed E-state index contributed by atoms with van der Waals surface area (Å²) in [5.41, 5.74) is 2.20. The van der Waals surface area contributed by atoms with Crippen LogP contribution in [0.15, 0.2) is 47.7 Å². The molecule has 1 aromatic heterocycles. The lowest BCUT2D eigenvalue weighted by molar-refractivity contribution is 0.0914. The van der Waals surface area contributed by atoms with Crippen LogP contribution in [-0.2, 0) is 11.2 Å². The molecule has 1 aliphatic rings. The van der Waals surface area contributed by atoms with E-state index in [2.05, 4.69) is 28.4 Å². The zero-order valence-electron chi connectivity index (χ0n) is 17.3. The van der Waals surface area contributed by atoms with E-state index in [1.165, 1.54) is 0 Å². The average molecular weight is 399 g/mol. The minimum atomic E-state index is -0.232. The van der Waals surface area contributed by atoms with Crippen molar-refractivity contribution in [2.24, 2.45) is 4.99 Å². The number of carbonyl (C=O) groups is 1. The molecule has 0 aliphatic carbocycles. The van der Waals surface area contributed by atoms with Crippen LogP contribution in [0.2, 0.25) is 0 Å². The first-order valence-corrected chi connectivity index (χ1v) is 10.2. The number of aliphatic imine (C=N–C) groups is 1. The SMILES string of the molecule is CCNC(=NCCc1cnn(-c2ccccc2)c1)N1CCN(C(=O)OCC)CC1. The molecule has 1 saturated heterocycles. The monoisotopic (exact) mass is 398 g/mol. The number of amides is 1. The molecule has 0 spiro atoms. The number of piperazine rings is 1. The van der Waals surface area contributed by atoms with Gasteiger partial charge in [-0.2, -0.15) is 5.10 Å². The molecule has 1 amide bonds. The standard InChI is InChI=1S/C21H30N6O2/c1-3-22-20(25-12-14-26(15-13-25)21(28)29-4-2)23-11-10-18-16-24-27(17-18)19-8-6-5-7-9-19/h5-9,16-17H,3-4,10-15H2,1-2H3,(H,22,23). The first kappa shape index (κ1) is 20.7. The zero-order chi connectivity index (χ0) is 20.5. The van der Waals surface area contributed by atoms with E-state index in [0.717, 1.165) is 43.3 Å². The van der Waals surface area contributed by atoms with Crippen LogP contribution in [0.4, 0.5) is 4.79 Å². The van der Waals surface area contributed by atoms with Gasteiger partial charge in [-0.15, -0.1) is 0 Å². The van der Waals surface area contributed by atoms with Crippen LogP contribution in [0.25, 0.3) is 5.69 Å². The Morgan fingerprint density at radius 2 is 1.86 bits per heavy atom. The normalized spacial score (nSPS) is 14.8. The van der Waals surface area contributed by atoms with Gasteiger partial charge >= 0.3 is 6.09 Å². The van der Waals surface area contributed by atoms with E-state index < -0.39 is 0 Å². The molecule has 0 atom stereocenters. The van der Waals surface area contributed by atoms with Crippen molar-refractivity contribution >= 4 is 12.1 Å². The van der Waals surface area contributed by atoms with Gasteiger partial charge in [0.05, 0.1) is 18.5 Å². The third-order valence-electron chi connectivity index (χ3n) is 4.76. The fourth-order valence-corrected chi connectivity index (χ4v) is 3.24. The highest BCUT2D eigenvalue weighted by molar-refractivity contribution is 5.80. The Kier molecular flexibility index (Phi) is 7.49. The summed E-state index contributed by atoms with van der Waals surface area (Å²) < 4.78 is 6.97. The topological polar surface area (TPSA) is 75.0 Å². The van der Waals surface area contributed by atoms with Crippen molar-refractivity contribution in [3.63, 3.8) is 0 Å². The van der Waals surface area contributed by atoms with E-state index in [9.17, 15) is 4.79 Å². The molecule has 0 saturated carbocycles. The molecule has 1 aliphatic heterocycles. The molecule has 0 unspecified atom stereocenters. The number of hydrogen-bond donors (Lipinski definition) is 1. The Balaban J connectivity index is 1.54. The lowest BCUT2D eigenvalue weighted by atomic mass is 10.2. The quantitative estimate of drug-likeness (QED) is 0.596. The number of nitrogens with one attached hydrogen (secondary N) is 1. The van der Waals surface area contributed by atoms with E-state index in [1.54, 1.807) is 4.90 Å². The largest absolute Gasteiger partial charge is 0.450 e. The van der Waals surface area contributed by atoms with Crippen molar-refractivity contribution in [3.05, 3.63) is 48.3 Å². The summed E-state index contributed by atoms with van der Waals surface area (Å²) in [6, 6.07) is 10.1. The molecule has 1 N–H and O–H groups in total. The van der Waals surface area contributed by atoms with Crippen molar-refractivity contribution < 1.29 is 9.53 Å². The Morgan fingerprint density at radius 3 is 2.55 bits per heavy atom. The number of aromatic nitrogens is 2. The summed E-state index contributed by atoms with van der Waals surface area (Å²) in [5, 5.41) is 7.80. The lowest BCUT2D eigenvalue weighted by Gasteiger charge is -2.35. The van der Waals surface area contributed by atoms with E-state index in [1.807, 2.05) is 48.1 Å². The predicted molar refractivity (Wildman–Crippen MR) is 113 cm³/mol. The Hall–Kier alpha value is -3.03. The number of ether oxygens (including phenoxy) is 1. The Morgan fingerprint density at radius 1 is 1.14 bits per heavy atom. The third kappa shape index (κ3) is 5.73. The molecule has 29 heavy (non-hydrogen) atoms. The van der Waals surface area contributed by atoms with Gasteiger partial charge in [0.25, 0.3) is 0 Å². The van der Waals surface area contributed by atoms with Crippen molar-refractivity contribution in [3.8, 4) is 5.69 Å². The molecule has 1 fully saturated rings. The molecule has 0 bridgehead atoms. The maximum absolute atomic E-state index is 11.9. The maximum atomic E-state index is 11.9. The number of carbonyl (C=O) groups excluding carboxylic acids is 1. The molecule has 156 valence electrons. The van der Waals surface area contributed by atoms with E-state index >= 15 is 0 Å². The van der Waals surface area contributed by atoms with E-state index in [-0.39, 0.29) is 6.09 Å². The highest BCUT2D eigenvalue weighted by Crippen LogP contribution is 2.09. The summed E-state index contributed by atoms with van der Waals surface area (Å²) in [4.78, 5) is 20.6. The minimum absolute atomic E-state index is 0.232. The van der Waals surface area contributed by atoms with Crippen LogP contribution >= 0.6 is 0 Å². The number of guanidine groups is 1. The van der Waals surface area contributed by atoms with Crippen LogP contribution in [0.1, 0.15) is 19.4 Å². The summed E-state index contributed by atoms with van der Waals surface area (Å²) in [6.45, 7) is 8.57. The molecule has 2 aromatic rings. The Labute approximate surface area is 172 Å². The molecular formula is C21H30N6O2. The first-order valence-electron chi connectivity index (χ1n) is 10.2. The number of para-hydroxylation sites is 1. The summed E-state index contributed by atoms with van der Waals surface area (Å²) in [7, 11) is 0. The highest BCUT2D eigenvalue weighted by Gasteiger charge is 2.23. The first-order chi connectivity index (χ1) is 14.2. The fourth-order valence-electron chi connectivity index (χ4n) is 3.24. The van der Waals surface area contributed by atoms with Crippen molar-refractivity contribution in [2.45, 2.75) is 20.3 Å². The maximum Gasteiger partial charge on any atom is 0.409 e. The van der Waals surface area contributed by atoms with Crippen molar-refractivity contribution in [2.75, 3.05) is 45.9 Å². The van der Waals surface area contributed by atoms with Gasteiger partial charge in [0.15, 0.2) is 5.96 Å². The van der Waals surface area contributed by atoms with Crippen LogP contribution in [0.3, 0.4) is 0 Å². The van der Waals surface area contributed by atoms with E-state index in [0.29, 0.717) is 26.2 Å². The van der Waals surface area contributed by atoms with Gasteiger partial charge in [0.1, 0.15) is 0 Å². The molecule has 3 rings (SSSR count). The average Bonchev–Trinajstić information content (AvgIpc) is 3.23. The highest BCUT2D eigenvalue weighted by atomic mass is 16.6. The molecule has 0 radical (unpaired) electrons. The summed E-state index contributed by atoms with van der Waals surface area (Å²) in [6.07, 6.45) is 4.54. The smallest absolute Gasteiger partial charge is 0.409 e. The third-order valence-corrected chi connectivity index (χ3v) is 4.76. The van der Waals surface area contributed by atoms with Crippen LogP contribution in [0.5, 0.6) is 0 Å². The lowest BCUT2D eigenvalue weighted by Crippen LogP contribution is -2.54. The molecule has 8 nitrogen and oxygen atoms in total. The van der Waals surface area contributed by atoms with E-state index in [4.69, 9.17) is 9.73 Å². The fraction of sp³-hybridized carbons (Fsp3) is 0.476. The van der Waals surface area contributed by atoms with Crippen LogP contribution in [0, 0.1) is 0 Å². The van der Waals surface area contributed by atoms with Gasteiger partial charge < -0.3 is 19.9 Å².